The number of carboxylic acids is 1. The first-order chi connectivity index (χ1) is 9.11. The van der Waals surface area contributed by atoms with Crippen LogP contribution in [0.5, 0.6) is 0 Å². The average Bonchev–Trinajstić information content (AvgIpc) is 2.74. The molecule has 0 aromatic rings. The molecule has 1 rings (SSSR count). The summed E-state index contributed by atoms with van der Waals surface area (Å²) >= 11 is 0. The number of carbonyl (C=O) groups is 2. The summed E-state index contributed by atoms with van der Waals surface area (Å²) < 4.78 is 22.8. The van der Waals surface area contributed by atoms with Crippen molar-refractivity contribution in [1.82, 2.24) is 10.2 Å². The first-order valence-electron chi connectivity index (χ1n) is 6.56. The highest BCUT2D eigenvalue weighted by atomic mass is 32.2. The first kappa shape index (κ1) is 16.7. The Bertz CT molecular complexity index is 490. The molecule has 20 heavy (non-hydrogen) atoms. The van der Waals surface area contributed by atoms with Crippen LogP contribution in [0.15, 0.2) is 0 Å². The standard InChI is InChI=1S/C12H22N2O5S/c1-4-12(2,10(15)16)8-13-11(17)14(3)9-5-6-20(18,19)7-9/h9H,4-8H2,1-3H3,(H,13,17)(H,15,16). The van der Waals surface area contributed by atoms with Crippen LogP contribution in [0.3, 0.4) is 0 Å². The second-order valence-corrected chi connectivity index (χ2v) is 7.77. The molecule has 0 bridgehead atoms. The summed E-state index contributed by atoms with van der Waals surface area (Å²) in [5.74, 6) is -0.899. The van der Waals surface area contributed by atoms with Gasteiger partial charge in [-0.1, -0.05) is 6.92 Å². The van der Waals surface area contributed by atoms with Gasteiger partial charge in [0.15, 0.2) is 9.84 Å². The smallest absolute Gasteiger partial charge is 0.317 e. The maximum Gasteiger partial charge on any atom is 0.317 e. The summed E-state index contributed by atoms with van der Waals surface area (Å²) in [6.45, 7) is 3.32. The van der Waals surface area contributed by atoms with Crippen molar-refractivity contribution in [2.45, 2.75) is 32.7 Å². The second-order valence-electron chi connectivity index (χ2n) is 5.55. The van der Waals surface area contributed by atoms with Gasteiger partial charge in [0.25, 0.3) is 0 Å². The molecule has 1 aliphatic heterocycles. The monoisotopic (exact) mass is 306 g/mol. The van der Waals surface area contributed by atoms with E-state index in [0.29, 0.717) is 12.8 Å². The van der Waals surface area contributed by atoms with Crippen LogP contribution < -0.4 is 5.32 Å². The van der Waals surface area contributed by atoms with Crippen LogP contribution in [-0.2, 0) is 14.6 Å². The minimum Gasteiger partial charge on any atom is -0.481 e. The molecule has 0 spiro atoms. The van der Waals surface area contributed by atoms with Crippen LogP contribution in [-0.4, -0.2) is 61.6 Å². The van der Waals surface area contributed by atoms with E-state index in [9.17, 15) is 18.0 Å². The lowest BCUT2D eigenvalue weighted by Crippen LogP contribution is -2.48. The zero-order valence-electron chi connectivity index (χ0n) is 12.0. The molecule has 0 radical (unpaired) electrons. The number of hydrogen-bond acceptors (Lipinski definition) is 4. The number of carboxylic acid groups (broad SMARTS) is 1. The number of amides is 2. The molecule has 0 aliphatic carbocycles. The maximum absolute atomic E-state index is 12.0. The number of hydrogen-bond donors (Lipinski definition) is 2. The molecule has 1 saturated heterocycles. The van der Waals surface area contributed by atoms with Crippen molar-refractivity contribution in [3.8, 4) is 0 Å². The second kappa shape index (κ2) is 5.99. The lowest BCUT2D eigenvalue weighted by Gasteiger charge is -2.27. The Labute approximate surface area is 119 Å². The summed E-state index contributed by atoms with van der Waals surface area (Å²) in [6, 6.07) is -0.772. The Morgan fingerprint density at radius 1 is 1.45 bits per heavy atom. The van der Waals surface area contributed by atoms with Crippen molar-refractivity contribution in [2.24, 2.45) is 5.41 Å². The summed E-state index contributed by atoms with van der Waals surface area (Å²) in [4.78, 5) is 24.4. The van der Waals surface area contributed by atoms with Gasteiger partial charge in [0.05, 0.1) is 16.9 Å². The van der Waals surface area contributed by atoms with Crippen molar-refractivity contribution in [2.75, 3.05) is 25.1 Å². The van der Waals surface area contributed by atoms with Crippen molar-refractivity contribution in [3.05, 3.63) is 0 Å². The fourth-order valence-electron chi connectivity index (χ4n) is 1.99. The van der Waals surface area contributed by atoms with E-state index in [1.165, 1.54) is 11.9 Å². The number of carbonyl (C=O) groups excluding carboxylic acids is 1. The Hall–Kier alpha value is -1.31. The molecule has 2 N–H and O–H groups in total. The molecule has 0 aromatic carbocycles. The number of nitrogens with one attached hydrogen (secondary N) is 1. The van der Waals surface area contributed by atoms with Crippen molar-refractivity contribution in [1.29, 1.82) is 0 Å². The van der Waals surface area contributed by atoms with Gasteiger partial charge in [-0.2, -0.15) is 0 Å². The van der Waals surface area contributed by atoms with Crippen LogP contribution in [0.25, 0.3) is 0 Å². The fraction of sp³-hybridized carbons (Fsp3) is 0.833. The van der Waals surface area contributed by atoms with E-state index in [-0.39, 0.29) is 24.1 Å². The quantitative estimate of drug-likeness (QED) is 0.761. The Balaban J connectivity index is 2.57. The zero-order valence-corrected chi connectivity index (χ0v) is 12.9. The number of nitrogens with zero attached hydrogens (tertiary/aromatic N) is 1. The minimum atomic E-state index is -3.05. The number of aliphatic carboxylic acids is 1. The lowest BCUT2D eigenvalue weighted by atomic mass is 9.88. The third-order valence-corrected chi connectivity index (χ3v) is 5.75. The summed E-state index contributed by atoms with van der Waals surface area (Å²) in [7, 11) is -1.52. The predicted molar refractivity (Wildman–Crippen MR) is 74.3 cm³/mol. The van der Waals surface area contributed by atoms with Gasteiger partial charge >= 0.3 is 12.0 Å². The molecule has 1 aliphatic rings. The Kier molecular flexibility index (Phi) is 5.01. The molecular weight excluding hydrogens is 284 g/mol. The lowest BCUT2D eigenvalue weighted by molar-refractivity contribution is -0.147. The zero-order chi connectivity index (χ0) is 15.6. The minimum absolute atomic E-state index is 0.0154. The summed E-state index contributed by atoms with van der Waals surface area (Å²) in [5, 5.41) is 11.7. The van der Waals surface area contributed by atoms with Crippen LogP contribution in [0.1, 0.15) is 26.7 Å². The molecule has 0 saturated carbocycles. The van der Waals surface area contributed by atoms with Gasteiger partial charge in [0, 0.05) is 19.6 Å². The topological polar surface area (TPSA) is 104 Å². The molecule has 2 atom stereocenters. The Morgan fingerprint density at radius 2 is 2.05 bits per heavy atom. The molecule has 1 heterocycles. The molecule has 1 fully saturated rings. The van der Waals surface area contributed by atoms with E-state index in [2.05, 4.69) is 5.32 Å². The van der Waals surface area contributed by atoms with E-state index in [0.717, 1.165) is 0 Å². The Morgan fingerprint density at radius 3 is 2.45 bits per heavy atom. The average molecular weight is 306 g/mol. The SMILES string of the molecule is CCC(C)(CNC(=O)N(C)C1CCS(=O)(=O)C1)C(=O)O. The third-order valence-electron chi connectivity index (χ3n) is 4.00. The van der Waals surface area contributed by atoms with Gasteiger partial charge in [-0.3, -0.25) is 4.79 Å². The molecule has 2 unspecified atom stereocenters. The van der Waals surface area contributed by atoms with E-state index in [1.54, 1.807) is 13.8 Å². The van der Waals surface area contributed by atoms with Crippen molar-refractivity contribution < 1.29 is 23.1 Å². The predicted octanol–water partition coefficient (Wildman–Crippen LogP) is 0.316. The van der Waals surface area contributed by atoms with E-state index in [1.807, 2.05) is 0 Å². The molecular formula is C12H22N2O5S. The van der Waals surface area contributed by atoms with Crippen molar-refractivity contribution >= 4 is 21.8 Å². The van der Waals surface area contributed by atoms with Gasteiger partial charge in [-0.05, 0) is 19.8 Å². The normalized spacial score (nSPS) is 23.9. The van der Waals surface area contributed by atoms with Crippen LogP contribution in [0.4, 0.5) is 4.79 Å². The number of rotatable bonds is 5. The van der Waals surface area contributed by atoms with E-state index in [4.69, 9.17) is 5.11 Å². The molecule has 8 heteroatoms. The van der Waals surface area contributed by atoms with Gasteiger partial charge in [0.2, 0.25) is 0 Å². The van der Waals surface area contributed by atoms with Gasteiger partial charge < -0.3 is 15.3 Å². The van der Waals surface area contributed by atoms with Gasteiger partial charge in [0.1, 0.15) is 0 Å². The molecule has 2 amide bonds. The number of sulfone groups is 1. The molecule has 0 aromatic heterocycles. The van der Waals surface area contributed by atoms with Crippen molar-refractivity contribution in [3.63, 3.8) is 0 Å². The summed E-state index contributed by atoms with van der Waals surface area (Å²) in [5.41, 5.74) is -1.02. The van der Waals surface area contributed by atoms with E-state index >= 15 is 0 Å². The maximum atomic E-state index is 12.0. The highest BCUT2D eigenvalue weighted by molar-refractivity contribution is 7.91. The first-order valence-corrected chi connectivity index (χ1v) is 8.38. The highest BCUT2D eigenvalue weighted by Crippen LogP contribution is 2.21. The molecule has 116 valence electrons. The van der Waals surface area contributed by atoms with Crippen LogP contribution >= 0.6 is 0 Å². The highest BCUT2D eigenvalue weighted by Gasteiger charge is 2.35. The van der Waals surface area contributed by atoms with Crippen LogP contribution in [0.2, 0.25) is 0 Å². The molecule has 7 nitrogen and oxygen atoms in total. The third kappa shape index (κ3) is 3.84. The van der Waals surface area contributed by atoms with Crippen LogP contribution in [0, 0.1) is 5.41 Å². The fourth-order valence-corrected chi connectivity index (χ4v) is 3.77. The van der Waals surface area contributed by atoms with Gasteiger partial charge in [-0.15, -0.1) is 0 Å². The van der Waals surface area contributed by atoms with E-state index < -0.39 is 27.3 Å². The summed E-state index contributed by atoms with van der Waals surface area (Å²) in [6.07, 6.45) is 0.820. The number of urea groups is 1. The largest absolute Gasteiger partial charge is 0.481 e. The van der Waals surface area contributed by atoms with Gasteiger partial charge in [-0.25, -0.2) is 13.2 Å².